The van der Waals surface area contributed by atoms with E-state index in [0.29, 0.717) is 6.42 Å². The van der Waals surface area contributed by atoms with E-state index in [0.717, 1.165) is 12.1 Å². The zero-order valence-corrected chi connectivity index (χ0v) is 12.5. The lowest BCUT2D eigenvalue weighted by Gasteiger charge is -2.26. The van der Waals surface area contributed by atoms with Crippen molar-refractivity contribution in [2.45, 2.75) is 32.2 Å². The number of carbonyl (C=O) groups excluding carboxylic acids is 1. The molecule has 20 heavy (non-hydrogen) atoms. The zero-order valence-electron chi connectivity index (χ0n) is 11.0. The standard InChI is InChI=1S/C13H14Cl2FNO3/c1-3-4-13(2,12(19)20)17-11(18)7-5-10(16)9(15)6-8(7)14/h5-6H,3-4H2,1-2H3,(H,17,18)(H,19,20). The van der Waals surface area contributed by atoms with Gasteiger partial charge in [0.05, 0.1) is 15.6 Å². The first kappa shape index (κ1) is 16.7. The summed E-state index contributed by atoms with van der Waals surface area (Å²) in [6.07, 6.45) is 0.799. The molecule has 1 unspecified atom stereocenters. The van der Waals surface area contributed by atoms with Crippen LogP contribution in [0.2, 0.25) is 10.0 Å². The molecule has 0 saturated carbocycles. The summed E-state index contributed by atoms with van der Waals surface area (Å²) in [6, 6.07) is 1.99. The van der Waals surface area contributed by atoms with Crippen molar-refractivity contribution in [3.63, 3.8) is 0 Å². The molecule has 110 valence electrons. The van der Waals surface area contributed by atoms with E-state index in [1.165, 1.54) is 6.92 Å². The molecule has 0 aliphatic rings. The Labute approximate surface area is 125 Å². The average molecular weight is 322 g/mol. The lowest BCUT2D eigenvalue weighted by molar-refractivity contribution is -0.144. The third-order valence-electron chi connectivity index (χ3n) is 2.87. The van der Waals surface area contributed by atoms with Crippen LogP contribution in [0.25, 0.3) is 0 Å². The van der Waals surface area contributed by atoms with Crippen LogP contribution >= 0.6 is 23.2 Å². The summed E-state index contributed by atoms with van der Waals surface area (Å²) >= 11 is 11.4. The van der Waals surface area contributed by atoms with Crippen molar-refractivity contribution in [1.29, 1.82) is 0 Å². The Kier molecular flexibility index (Phi) is 5.36. The summed E-state index contributed by atoms with van der Waals surface area (Å²) in [5, 5.41) is 11.3. The van der Waals surface area contributed by atoms with Crippen molar-refractivity contribution >= 4 is 35.1 Å². The van der Waals surface area contributed by atoms with Crippen LogP contribution in [0.4, 0.5) is 4.39 Å². The number of halogens is 3. The molecule has 0 spiro atoms. The maximum atomic E-state index is 13.4. The van der Waals surface area contributed by atoms with Crippen LogP contribution in [-0.2, 0) is 4.79 Å². The monoisotopic (exact) mass is 321 g/mol. The maximum absolute atomic E-state index is 13.4. The summed E-state index contributed by atoms with van der Waals surface area (Å²) in [5.74, 6) is -2.73. The number of aliphatic carboxylic acids is 1. The molecule has 0 radical (unpaired) electrons. The van der Waals surface area contributed by atoms with Gasteiger partial charge in [-0.2, -0.15) is 0 Å². The highest BCUT2D eigenvalue weighted by atomic mass is 35.5. The van der Waals surface area contributed by atoms with Crippen molar-refractivity contribution < 1.29 is 19.1 Å². The Hall–Kier alpha value is -1.33. The molecule has 1 amide bonds. The van der Waals surface area contributed by atoms with Crippen molar-refractivity contribution in [3.8, 4) is 0 Å². The molecule has 2 N–H and O–H groups in total. The highest BCUT2D eigenvalue weighted by molar-refractivity contribution is 6.36. The number of benzene rings is 1. The average Bonchev–Trinajstić information content (AvgIpc) is 2.33. The molecule has 0 aliphatic carbocycles. The van der Waals surface area contributed by atoms with Crippen LogP contribution in [0.15, 0.2) is 12.1 Å². The molecule has 0 saturated heterocycles. The van der Waals surface area contributed by atoms with E-state index in [1.807, 2.05) is 0 Å². The first-order valence-electron chi connectivity index (χ1n) is 5.91. The highest BCUT2D eigenvalue weighted by Crippen LogP contribution is 2.25. The fourth-order valence-corrected chi connectivity index (χ4v) is 2.21. The Balaban J connectivity index is 3.07. The van der Waals surface area contributed by atoms with Crippen LogP contribution in [0.5, 0.6) is 0 Å². The number of carboxylic acids is 1. The van der Waals surface area contributed by atoms with Crippen LogP contribution in [0, 0.1) is 5.82 Å². The highest BCUT2D eigenvalue weighted by Gasteiger charge is 2.34. The Bertz CT molecular complexity index is 551. The van der Waals surface area contributed by atoms with Gasteiger partial charge in [-0.25, -0.2) is 9.18 Å². The first-order valence-corrected chi connectivity index (χ1v) is 6.67. The smallest absolute Gasteiger partial charge is 0.329 e. The van der Waals surface area contributed by atoms with Gasteiger partial charge in [-0.3, -0.25) is 4.79 Å². The topological polar surface area (TPSA) is 66.4 Å². The fraction of sp³-hybridized carbons (Fsp3) is 0.385. The third kappa shape index (κ3) is 3.61. The molecule has 1 atom stereocenters. The minimum absolute atomic E-state index is 0.0434. The maximum Gasteiger partial charge on any atom is 0.329 e. The molecular weight excluding hydrogens is 308 g/mol. The van der Waals surface area contributed by atoms with E-state index in [1.54, 1.807) is 6.92 Å². The summed E-state index contributed by atoms with van der Waals surface area (Å²) in [6.45, 7) is 3.18. The minimum atomic E-state index is -1.44. The van der Waals surface area contributed by atoms with Gasteiger partial charge in [0.25, 0.3) is 5.91 Å². The summed E-state index contributed by atoms with van der Waals surface area (Å²) in [4.78, 5) is 23.3. The normalized spacial score (nSPS) is 13.7. The molecule has 1 rings (SSSR count). The molecule has 0 heterocycles. The molecule has 0 fully saturated rings. The second-order valence-corrected chi connectivity index (χ2v) is 5.40. The summed E-state index contributed by atoms with van der Waals surface area (Å²) in [7, 11) is 0. The van der Waals surface area contributed by atoms with E-state index in [9.17, 15) is 19.1 Å². The largest absolute Gasteiger partial charge is 0.480 e. The summed E-state index contributed by atoms with van der Waals surface area (Å²) in [5.41, 5.74) is -1.59. The number of carbonyl (C=O) groups is 2. The van der Waals surface area contributed by atoms with E-state index in [2.05, 4.69) is 5.32 Å². The van der Waals surface area contributed by atoms with Gasteiger partial charge in [0.1, 0.15) is 11.4 Å². The second-order valence-electron chi connectivity index (χ2n) is 4.59. The van der Waals surface area contributed by atoms with Gasteiger partial charge in [0, 0.05) is 0 Å². The van der Waals surface area contributed by atoms with Gasteiger partial charge < -0.3 is 10.4 Å². The number of amides is 1. The molecule has 4 nitrogen and oxygen atoms in total. The van der Waals surface area contributed by atoms with Crippen molar-refractivity contribution in [2.24, 2.45) is 0 Å². The molecule has 0 aromatic heterocycles. The lowest BCUT2D eigenvalue weighted by Crippen LogP contribution is -2.52. The Morgan fingerprint density at radius 3 is 2.45 bits per heavy atom. The van der Waals surface area contributed by atoms with Gasteiger partial charge >= 0.3 is 5.97 Å². The number of rotatable bonds is 5. The number of hydrogen-bond acceptors (Lipinski definition) is 2. The second kappa shape index (κ2) is 6.41. The Morgan fingerprint density at radius 1 is 1.35 bits per heavy atom. The molecular formula is C13H14Cl2FNO3. The third-order valence-corrected chi connectivity index (χ3v) is 3.47. The van der Waals surface area contributed by atoms with E-state index in [4.69, 9.17) is 23.2 Å². The Morgan fingerprint density at radius 2 is 1.95 bits per heavy atom. The number of nitrogens with one attached hydrogen (secondary N) is 1. The number of hydrogen-bond donors (Lipinski definition) is 2. The van der Waals surface area contributed by atoms with Gasteiger partial charge in [-0.05, 0) is 25.5 Å². The van der Waals surface area contributed by atoms with Crippen LogP contribution in [-0.4, -0.2) is 22.5 Å². The molecule has 7 heteroatoms. The summed E-state index contributed by atoms with van der Waals surface area (Å²) < 4.78 is 13.4. The molecule has 1 aromatic carbocycles. The molecule has 0 aliphatic heterocycles. The van der Waals surface area contributed by atoms with E-state index in [-0.39, 0.29) is 22.0 Å². The van der Waals surface area contributed by atoms with E-state index < -0.39 is 23.2 Å². The van der Waals surface area contributed by atoms with Gasteiger partial charge in [-0.15, -0.1) is 0 Å². The SMILES string of the molecule is CCCC(C)(NC(=O)c1cc(F)c(Cl)cc1Cl)C(=O)O. The van der Waals surface area contributed by atoms with Crippen molar-refractivity contribution in [1.82, 2.24) is 5.32 Å². The molecule has 0 bridgehead atoms. The van der Waals surface area contributed by atoms with Crippen LogP contribution in [0.1, 0.15) is 37.0 Å². The lowest BCUT2D eigenvalue weighted by atomic mass is 9.95. The predicted octanol–water partition coefficient (Wildman–Crippen LogP) is 3.51. The quantitative estimate of drug-likeness (QED) is 0.815. The van der Waals surface area contributed by atoms with Crippen LogP contribution in [0.3, 0.4) is 0 Å². The van der Waals surface area contributed by atoms with Crippen molar-refractivity contribution in [3.05, 3.63) is 33.6 Å². The van der Waals surface area contributed by atoms with E-state index >= 15 is 0 Å². The fourth-order valence-electron chi connectivity index (χ4n) is 1.74. The van der Waals surface area contributed by atoms with Crippen molar-refractivity contribution in [2.75, 3.05) is 0 Å². The number of carboxylic acid groups (broad SMARTS) is 1. The first-order chi connectivity index (χ1) is 9.21. The van der Waals surface area contributed by atoms with Crippen LogP contribution < -0.4 is 5.32 Å². The predicted molar refractivity (Wildman–Crippen MR) is 74.8 cm³/mol. The van der Waals surface area contributed by atoms with Gasteiger partial charge in [0.15, 0.2) is 0 Å². The minimum Gasteiger partial charge on any atom is -0.480 e. The zero-order chi connectivity index (χ0) is 15.5. The van der Waals surface area contributed by atoms with Gasteiger partial charge in [-0.1, -0.05) is 36.5 Å². The molecule has 1 aromatic rings. The van der Waals surface area contributed by atoms with Gasteiger partial charge in [0.2, 0.25) is 0 Å².